The van der Waals surface area contributed by atoms with Gasteiger partial charge < -0.3 is 19.5 Å². The summed E-state index contributed by atoms with van der Waals surface area (Å²) in [4.78, 5) is 12.6. The fraction of sp³-hybridized carbons (Fsp3) is 0.269. The van der Waals surface area contributed by atoms with E-state index in [9.17, 15) is 4.79 Å². The van der Waals surface area contributed by atoms with Gasteiger partial charge in [-0.15, -0.1) is 0 Å². The Kier molecular flexibility index (Phi) is 7.19. The zero-order valence-electron chi connectivity index (χ0n) is 17.5. The molecule has 0 aliphatic carbocycles. The van der Waals surface area contributed by atoms with Crippen LogP contribution in [0.5, 0.6) is 11.5 Å². The molecule has 1 atom stereocenters. The Morgan fingerprint density at radius 3 is 2.55 bits per heavy atom. The first kappa shape index (κ1) is 20.9. The highest BCUT2D eigenvalue weighted by Gasteiger charge is 2.16. The molecule has 1 amide bonds. The number of amides is 1. The summed E-state index contributed by atoms with van der Waals surface area (Å²) in [5.41, 5.74) is 2.49. The van der Waals surface area contributed by atoms with Gasteiger partial charge >= 0.3 is 0 Å². The lowest BCUT2D eigenvalue weighted by Gasteiger charge is -2.12. The van der Waals surface area contributed by atoms with Crippen molar-refractivity contribution in [3.63, 3.8) is 0 Å². The lowest BCUT2D eigenvalue weighted by atomic mass is 10.1. The number of benzene rings is 3. The third kappa shape index (κ3) is 6.33. The molecule has 0 bridgehead atoms. The second-order valence-corrected chi connectivity index (χ2v) is 7.54. The van der Waals surface area contributed by atoms with E-state index in [1.54, 1.807) is 12.1 Å². The molecule has 4 rings (SSSR count). The Bertz CT molecular complexity index is 966. The largest absolute Gasteiger partial charge is 0.493 e. The maximum Gasteiger partial charge on any atom is 0.255 e. The zero-order chi connectivity index (χ0) is 21.3. The first-order valence-corrected chi connectivity index (χ1v) is 10.7. The summed E-state index contributed by atoms with van der Waals surface area (Å²) >= 11 is 0. The van der Waals surface area contributed by atoms with Crippen LogP contribution in [-0.4, -0.2) is 31.8 Å². The van der Waals surface area contributed by atoms with Crippen LogP contribution in [0, 0.1) is 0 Å². The van der Waals surface area contributed by atoms with Gasteiger partial charge in [0.2, 0.25) is 0 Å². The van der Waals surface area contributed by atoms with Gasteiger partial charge in [0, 0.05) is 24.3 Å². The molecular weight excluding hydrogens is 390 g/mol. The summed E-state index contributed by atoms with van der Waals surface area (Å²) in [6.45, 7) is 1.93. The second-order valence-electron chi connectivity index (χ2n) is 7.54. The van der Waals surface area contributed by atoms with E-state index in [2.05, 4.69) is 17.4 Å². The Labute approximate surface area is 183 Å². The van der Waals surface area contributed by atoms with E-state index in [4.69, 9.17) is 14.2 Å². The van der Waals surface area contributed by atoms with Gasteiger partial charge in [0.15, 0.2) is 0 Å². The van der Waals surface area contributed by atoms with Crippen molar-refractivity contribution in [3.8, 4) is 11.5 Å². The van der Waals surface area contributed by atoms with Crippen molar-refractivity contribution in [3.05, 3.63) is 90.0 Å². The maximum absolute atomic E-state index is 12.6. The van der Waals surface area contributed by atoms with Crippen molar-refractivity contribution in [1.82, 2.24) is 0 Å². The van der Waals surface area contributed by atoms with Gasteiger partial charge in [0.1, 0.15) is 18.1 Å². The van der Waals surface area contributed by atoms with E-state index in [0.717, 1.165) is 31.6 Å². The number of hydrogen-bond acceptors (Lipinski definition) is 4. The third-order valence-electron chi connectivity index (χ3n) is 5.17. The molecular formula is C26H27NO4. The predicted molar refractivity (Wildman–Crippen MR) is 121 cm³/mol. The SMILES string of the molecule is O=C(Nc1ccc(OCC2CCCO2)cc1)c1cccc(OCCc2ccccc2)c1. The Morgan fingerprint density at radius 2 is 1.77 bits per heavy atom. The molecule has 0 radical (unpaired) electrons. The standard InChI is InChI=1S/C26H27NO4/c28-26(27-22-11-13-23(14-12-22)31-19-25-10-5-16-29-25)21-8-4-9-24(18-21)30-17-15-20-6-2-1-3-7-20/h1-4,6-9,11-14,18,25H,5,10,15-17,19H2,(H,27,28). The molecule has 5 nitrogen and oxygen atoms in total. The zero-order valence-corrected chi connectivity index (χ0v) is 17.5. The molecule has 1 N–H and O–H groups in total. The predicted octanol–water partition coefficient (Wildman–Crippen LogP) is 5.12. The van der Waals surface area contributed by atoms with Crippen molar-refractivity contribution >= 4 is 11.6 Å². The molecule has 3 aromatic rings. The molecule has 1 heterocycles. The summed E-state index contributed by atoms with van der Waals surface area (Å²) in [5.74, 6) is 1.27. The topological polar surface area (TPSA) is 56.8 Å². The molecule has 1 aliphatic heterocycles. The first-order valence-electron chi connectivity index (χ1n) is 10.7. The smallest absolute Gasteiger partial charge is 0.255 e. The second kappa shape index (κ2) is 10.6. The van der Waals surface area contributed by atoms with Gasteiger partial charge in [-0.25, -0.2) is 0 Å². The lowest BCUT2D eigenvalue weighted by Crippen LogP contribution is -2.16. The van der Waals surface area contributed by atoms with Gasteiger partial charge in [0.05, 0.1) is 12.7 Å². The number of carbonyl (C=O) groups excluding carboxylic acids is 1. The Balaban J connectivity index is 1.27. The van der Waals surface area contributed by atoms with Crippen LogP contribution >= 0.6 is 0 Å². The number of rotatable bonds is 9. The molecule has 1 unspecified atom stereocenters. The third-order valence-corrected chi connectivity index (χ3v) is 5.17. The monoisotopic (exact) mass is 417 g/mol. The Morgan fingerprint density at radius 1 is 0.935 bits per heavy atom. The van der Waals surface area contributed by atoms with Crippen LogP contribution < -0.4 is 14.8 Å². The molecule has 1 aliphatic rings. The first-order chi connectivity index (χ1) is 15.3. The summed E-state index contributed by atoms with van der Waals surface area (Å²) in [5, 5.41) is 2.92. The quantitative estimate of drug-likeness (QED) is 0.525. The van der Waals surface area contributed by atoms with Gasteiger partial charge in [-0.1, -0.05) is 36.4 Å². The van der Waals surface area contributed by atoms with E-state index in [1.807, 2.05) is 54.6 Å². The summed E-state index contributed by atoms with van der Waals surface area (Å²) in [6.07, 6.45) is 3.14. The lowest BCUT2D eigenvalue weighted by molar-refractivity contribution is 0.0679. The van der Waals surface area contributed by atoms with Crippen molar-refractivity contribution in [2.24, 2.45) is 0 Å². The maximum atomic E-state index is 12.6. The van der Waals surface area contributed by atoms with Crippen molar-refractivity contribution in [2.75, 3.05) is 25.1 Å². The van der Waals surface area contributed by atoms with Crippen LogP contribution in [0.4, 0.5) is 5.69 Å². The van der Waals surface area contributed by atoms with Crippen LogP contribution in [0.25, 0.3) is 0 Å². The van der Waals surface area contributed by atoms with Crippen LogP contribution in [0.2, 0.25) is 0 Å². The highest BCUT2D eigenvalue weighted by Crippen LogP contribution is 2.20. The Hall–Kier alpha value is -3.31. The van der Waals surface area contributed by atoms with E-state index >= 15 is 0 Å². The molecule has 1 saturated heterocycles. The van der Waals surface area contributed by atoms with E-state index in [0.29, 0.717) is 30.2 Å². The van der Waals surface area contributed by atoms with Gasteiger partial charge in [-0.2, -0.15) is 0 Å². The van der Waals surface area contributed by atoms with Gasteiger partial charge in [-0.05, 0) is 60.9 Å². The number of anilines is 1. The van der Waals surface area contributed by atoms with Crippen molar-refractivity contribution in [2.45, 2.75) is 25.4 Å². The van der Waals surface area contributed by atoms with Crippen LogP contribution in [-0.2, 0) is 11.2 Å². The number of hydrogen-bond donors (Lipinski definition) is 1. The van der Waals surface area contributed by atoms with E-state index in [-0.39, 0.29) is 12.0 Å². The molecule has 31 heavy (non-hydrogen) atoms. The fourth-order valence-electron chi connectivity index (χ4n) is 3.46. The molecule has 1 fully saturated rings. The summed E-state index contributed by atoms with van der Waals surface area (Å²) in [6, 6.07) is 24.8. The van der Waals surface area contributed by atoms with Crippen LogP contribution in [0.3, 0.4) is 0 Å². The van der Waals surface area contributed by atoms with E-state index < -0.39 is 0 Å². The average molecular weight is 418 g/mol. The molecule has 3 aromatic carbocycles. The molecule has 0 spiro atoms. The average Bonchev–Trinajstić information content (AvgIpc) is 3.33. The molecule has 160 valence electrons. The molecule has 0 saturated carbocycles. The van der Waals surface area contributed by atoms with Crippen molar-refractivity contribution in [1.29, 1.82) is 0 Å². The minimum Gasteiger partial charge on any atom is -0.493 e. The van der Waals surface area contributed by atoms with Crippen molar-refractivity contribution < 1.29 is 19.0 Å². The highest BCUT2D eigenvalue weighted by atomic mass is 16.5. The van der Waals surface area contributed by atoms with E-state index in [1.165, 1.54) is 5.56 Å². The number of ether oxygens (including phenoxy) is 3. The van der Waals surface area contributed by atoms with Gasteiger partial charge in [0.25, 0.3) is 5.91 Å². The highest BCUT2D eigenvalue weighted by molar-refractivity contribution is 6.04. The minimum absolute atomic E-state index is 0.179. The molecule has 0 aromatic heterocycles. The van der Waals surface area contributed by atoms with Crippen LogP contribution in [0.15, 0.2) is 78.9 Å². The summed E-state index contributed by atoms with van der Waals surface area (Å²) in [7, 11) is 0. The van der Waals surface area contributed by atoms with Gasteiger partial charge in [-0.3, -0.25) is 4.79 Å². The summed E-state index contributed by atoms with van der Waals surface area (Å²) < 4.78 is 17.2. The molecule has 5 heteroatoms. The van der Waals surface area contributed by atoms with Crippen LogP contribution in [0.1, 0.15) is 28.8 Å². The number of nitrogens with one attached hydrogen (secondary N) is 1. The normalized spacial score (nSPS) is 15.4. The fourth-order valence-corrected chi connectivity index (χ4v) is 3.46. The number of carbonyl (C=O) groups is 1. The minimum atomic E-state index is -0.179.